The predicted molar refractivity (Wildman–Crippen MR) is 124 cm³/mol. The van der Waals surface area contributed by atoms with E-state index in [9.17, 15) is 9.59 Å². The minimum Gasteiger partial charge on any atom is -0.496 e. The predicted octanol–water partition coefficient (Wildman–Crippen LogP) is 5.08. The van der Waals surface area contributed by atoms with E-state index < -0.39 is 0 Å². The van der Waals surface area contributed by atoms with Crippen LogP contribution in [0.5, 0.6) is 11.5 Å². The van der Waals surface area contributed by atoms with Crippen molar-refractivity contribution in [2.75, 3.05) is 24.9 Å². The van der Waals surface area contributed by atoms with E-state index in [0.717, 1.165) is 10.6 Å². The van der Waals surface area contributed by atoms with E-state index in [1.807, 2.05) is 55.5 Å². The molecule has 0 saturated heterocycles. The van der Waals surface area contributed by atoms with Gasteiger partial charge >= 0.3 is 0 Å². The molecule has 0 aromatic heterocycles. The summed E-state index contributed by atoms with van der Waals surface area (Å²) in [5.41, 5.74) is 1.69. The van der Waals surface area contributed by atoms with Crippen LogP contribution in [-0.4, -0.2) is 31.3 Å². The van der Waals surface area contributed by atoms with Gasteiger partial charge < -0.3 is 20.1 Å². The van der Waals surface area contributed by atoms with Gasteiger partial charge in [0.25, 0.3) is 5.91 Å². The SMILES string of the molecule is COc1cccc(OC)c1C(=O)Nc1cccc(SC(C)C(=O)Nc2ccccc2)c1. The van der Waals surface area contributed by atoms with E-state index in [4.69, 9.17) is 9.47 Å². The van der Waals surface area contributed by atoms with Gasteiger partial charge in [-0.2, -0.15) is 0 Å². The van der Waals surface area contributed by atoms with Crippen molar-refractivity contribution >= 4 is 35.0 Å². The maximum Gasteiger partial charge on any atom is 0.263 e. The summed E-state index contributed by atoms with van der Waals surface area (Å²) in [6.07, 6.45) is 0. The fraction of sp³-hybridized carbons (Fsp3) is 0.167. The summed E-state index contributed by atoms with van der Waals surface area (Å²) in [7, 11) is 3.01. The molecule has 0 bridgehead atoms. The fourth-order valence-electron chi connectivity index (χ4n) is 2.94. The molecule has 1 atom stereocenters. The molecular weight excluding hydrogens is 412 g/mol. The number of nitrogens with one attached hydrogen (secondary N) is 2. The number of carbonyl (C=O) groups excluding carboxylic acids is 2. The number of amides is 2. The molecule has 3 rings (SSSR count). The largest absolute Gasteiger partial charge is 0.496 e. The number of thioether (sulfide) groups is 1. The monoisotopic (exact) mass is 436 g/mol. The van der Waals surface area contributed by atoms with Crippen LogP contribution in [0.25, 0.3) is 0 Å². The summed E-state index contributed by atoms with van der Waals surface area (Å²) in [5, 5.41) is 5.46. The van der Waals surface area contributed by atoms with Crippen LogP contribution in [0.2, 0.25) is 0 Å². The van der Waals surface area contributed by atoms with Crippen molar-refractivity contribution in [1.29, 1.82) is 0 Å². The lowest BCUT2D eigenvalue weighted by Crippen LogP contribution is -2.22. The Morgan fingerprint density at radius 3 is 2.06 bits per heavy atom. The summed E-state index contributed by atoms with van der Waals surface area (Å²) in [6.45, 7) is 1.84. The third kappa shape index (κ3) is 5.79. The smallest absolute Gasteiger partial charge is 0.263 e. The molecule has 2 N–H and O–H groups in total. The van der Waals surface area contributed by atoms with Gasteiger partial charge in [0.15, 0.2) is 0 Å². The van der Waals surface area contributed by atoms with E-state index in [0.29, 0.717) is 22.7 Å². The van der Waals surface area contributed by atoms with Crippen LogP contribution < -0.4 is 20.1 Å². The standard InChI is InChI=1S/C24H24N2O4S/c1-16(23(27)25-17-9-5-4-6-10-17)31-19-12-7-11-18(15-19)26-24(28)22-20(29-2)13-8-14-21(22)30-3/h4-16H,1-3H3,(H,25,27)(H,26,28). The van der Waals surface area contributed by atoms with Crippen molar-refractivity contribution < 1.29 is 19.1 Å². The van der Waals surface area contributed by atoms with Crippen LogP contribution in [0.4, 0.5) is 11.4 Å². The first-order valence-corrected chi connectivity index (χ1v) is 10.5. The lowest BCUT2D eigenvalue weighted by atomic mass is 10.1. The van der Waals surface area contributed by atoms with Crippen LogP contribution in [-0.2, 0) is 4.79 Å². The van der Waals surface area contributed by atoms with Crippen LogP contribution in [0.3, 0.4) is 0 Å². The van der Waals surface area contributed by atoms with Crippen LogP contribution in [0.1, 0.15) is 17.3 Å². The maximum absolute atomic E-state index is 12.9. The van der Waals surface area contributed by atoms with E-state index in [1.54, 1.807) is 24.3 Å². The van der Waals surface area contributed by atoms with Crippen LogP contribution in [0.15, 0.2) is 77.7 Å². The van der Waals surface area contributed by atoms with Crippen LogP contribution in [0, 0.1) is 0 Å². The van der Waals surface area contributed by atoms with Gasteiger partial charge in [0.05, 0.1) is 19.5 Å². The lowest BCUT2D eigenvalue weighted by Gasteiger charge is -2.14. The Hall–Kier alpha value is -3.45. The highest BCUT2D eigenvalue weighted by Gasteiger charge is 2.19. The zero-order valence-electron chi connectivity index (χ0n) is 17.5. The number of carbonyl (C=O) groups is 2. The second-order valence-corrected chi connectivity index (χ2v) is 8.05. The Bertz CT molecular complexity index is 1030. The van der Waals surface area contributed by atoms with Gasteiger partial charge in [-0.1, -0.05) is 30.3 Å². The molecule has 7 heteroatoms. The van der Waals surface area contributed by atoms with Gasteiger partial charge in [0.1, 0.15) is 17.1 Å². The van der Waals surface area contributed by atoms with Gasteiger partial charge in [0.2, 0.25) is 5.91 Å². The molecular formula is C24H24N2O4S. The van der Waals surface area contributed by atoms with Gasteiger partial charge in [-0.15, -0.1) is 11.8 Å². The minimum absolute atomic E-state index is 0.0932. The Kier molecular flexibility index (Phi) is 7.56. The number of rotatable bonds is 8. The Balaban J connectivity index is 1.69. The van der Waals surface area contributed by atoms with E-state index in [2.05, 4.69) is 10.6 Å². The van der Waals surface area contributed by atoms with Gasteiger partial charge in [-0.05, 0) is 49.4 Å². The first kappa shape index (κ1) is 22.2. The highest BCUT2D eigenvalue weighted by atomic mass is 32.2. The number of methoxy groups -OCH3 is 2. The third-order valence-electron chi connectivity index (χ3n) is 4.47. The quantitative estimate of drug-likeness (QED) is 0.482. The zero-order chi connectivity index (χ0) is 22.2. The highest BCUT2D eigenvalue weighted by molar-refractivity contribution is 8.00. The average molecular weight is 437 g/mol. The molecule has 0 saturated carbocycles. The first-order chi connectivity index (χ1) is 15.0. The van der Waals surface area contributed by atoms with Gasteiger partial charge in [-0.25, -0.2) is 0 Å². The van der Waals surface area contributed by atoms with Crippen molar-refractivity contribution in [3.63, 3.8) is 0 Å². The second kappa shape index (κ2) is 10.5. The number of para-hydroxylation sites is 1. The van der Waals surface area contributed by atoms with Crippen molar-refractivity contribution in [2.45, 2.75) is 17.1 Å². The highest BCUT2D eigenvalue weighted by Crippen LogP contribution is 2.30. The summed E-state index contributed by atoms with van der Waals surface area (Å²) >= 11 is 1.41. The van der Waals surface area contributed by atoms with Gasteiger partial charge in [0, 0.05) is 16.3 Å². The Morgan fingerprint density at radius 1 is 0.806 bits per heavy atom. The van der Waals surface area contributed by atoms with E-state index >= 15 is 0 Å². The molecule has 0 aliphatic carbocycles. The molecule has 3 aromatic carbocycles. The van der Waals surface area contributed by atoms with Crippen LogP contribution >= 0.6 is 11.8 Å². The topological polar surface area (TPSA) is 76.7 Å². The molecule has 0 aliphatic rings. The Morgan fingerprint density at radius 2 is 1.42 bits per heavy atom. The number of hydrogen-bond donors (Lipinski definition) is 2. The normalized spacial score (nSPS) is 11.3. The molecule has 0 aliphatic heterocycles. The number of hydrogen-bond acceptors (Lipinski definition) is 5. The molecule has 0 spiro atoms. The van der Waals surface area contributed by atoms with Crippen molar-refractivity contribution in [3.05, 3.63) is 78.4 Å². The van der Waals surface area contributed by atoms with Crippen molar-refractivity contribution in [1.82, 2.24) is 0 Å². The summed E-state index contributed by atoms with van der Waals surface area (Å²) in [4.78, 5) is 26.2. The molecule has 0 radical (unpaired) electrons. The maximum atomic E-state index is 12.9. The molecule has 1 unspecified atom stereocenters. The summed E-state index contributed by atoms with van der Waals surface area (Å²) in [5.74, 6) is 0.415. The summed E-state index contributed by atoms with van der Waals surface area (Å²) < 4.78 is 10.6. The minimum atomic E-state index is -0.341. The van der Waals surface area contributed by atoms with Gasteiger partial charge in [-0.3, -0.25) is 9.59 Å². The molecule has 0 heterocycles. The van der Waals surface area contributed by atoms with E-state index in [1.165, 1.54) is 26.0 Å². The number of ether oxygens (including phenoxy) is 2. The molecule has 6 nitrogen and oxygen atoms in total. The molecule has 160 valence electrons. The lowest BCUT2D eigenvalue weighted by molar-refractivity contribution is -0.115. The zero-order valence-corrected chi connectivity index (χ0v) is 18.4. The average Bonchev–Trinajstić information content (AvgIpc) is 2.79. The molecule has 3 aromatic rings. The first-order valence-electron chi connectivity index (χ1n) is 9.66. The summed E-state index contributed by atoms with van der Waals surface area (Å²) in [6, 6.07) is 21.8. The van der Waals surface area contributed by atoms with Crippen molar-refractivity contribution in [3.8, 4) is 11.5 Å². The fourth-order valence-corrected chi connectivity index (χ4v) is 3.87. The number of anilines is 2. The second-order valence-electron chi connectivity index (χ2n) is 6.63. The van der Waals surface area contributed by atoms with Crippen molar-refractivity contribution in [2.24, 2.45) is 0 Å². The molecule has 0 fully saturated rings. The molecule has 31 heavy (non-hydrogen) atoms. The Labute approximate surface area is 186 Å². The third-order valence-corrected chi connectivity index (χ3v) is 5.56. The number of benzene rings is 3. The molecule has 2 amide bonds. The van der Waals surface area contributed by atoms with E-state index in [-0.39, 0.29) is 17.1 Å².